The summed E-state index contributed by atoms with van der Waals surface area (Å²) in [7, 11) is 0. The van der Waals surface area contributed by atoms with Gasteiger partial charge in [0.05, 0.1) is 35.1 Å². The molecule has 0 N–H and O–H groups in total. The molecule has 4 rings (SSSR count). The number of amides is 1. The Bertz CT molecular complexity index is 834. The zero-order chi connectivity index (χ0) is 16.8. The number of fused-ring (bicyclic) bond motifs is 1. The van der Waals surface area contributed by atoms with Crippen molar-refractivity contribution in [3.63, 3.8) is 0 Å². The van der Waals surface area contributed by atoms with E-state index in [0.29, 0.717) is 23.7 Å². The molecule has 1 amide bonds. The van der Waals surface area contributed by atoms with Crippen LogP contribution >= 0.6 is 11.6 Å². The molecule has 0 spiro atoms. The second-order valence-electron chi connectivity index (χ2n) is 6.31. The number of pyridine rings is 1. The molecule has 1 fully saturated rings. The lowest BCUT2D eigenvalue weighted by atomic mass is 10.1. The largest absolute Gasteiger partial charge is 0.356 e. The van der Waals surface area contributed by atoms with Gasteiger partial charge in [0, 0.05) is 24.8 Å². The first kappa shape index (κ1) is 15.3. The number of anilines is 1. The molecule has 7 heteroatoms. The van der Waals surface area contributed by atoms with E-state index in [-0.39, 0.29) is 5.91 Å². The van der Waals surface area contributed by atoms with Crippen molar-refractivity contribution < 1.29 is 4.79 Å². The standard InChI is InChI=1S/C17H18ClN5O/c1-10-14(18)6-12(7-19-10)17(24)23-8-13-15(9-23)20-11(2)21-16(13)22-4-3-5-22/h6-7H,3-5,8-9H2,1-2H3. The second kappa shape index (κ2) is 5.70. The number of halogens is 1. The van der Waals surface area contributed by atoms with Crippen LogP contribution in [0.1, 0.15) is 39.6 Å². The predicted octanol–water partition coefficient (Wildman–Crippen LogP) is 2.51. The molecular formula is C17H18ClN5O. The van der Waals surface area contributed by atoms with Crippen LogP contribution in [0.2, 0.25) is 5.02 Å². The number of aryl methyl sites for hydroxylation is 2. The number of hydrogen-bond acceptors (Lipinski definition) is 5. The number of carbonyl (C=O) groups is 1. The van der Waals surface area contributed by atoms with Crippen molar-refractivity contribution in [3.05, 3.63) is 45.6 Å². The smallest absolute Gasteiger partial charge is 0.256 e. The molecule has 4 heterocycles. The van der Waals surface area contributed by atoms with Gasteiger partial charge in [-0.15, -0.1) is 0 Å². The van der Waals surface area contributed by atoms with E-state index in [2.05, 4.69) is 19.9 Å². The van der Waals surface area contributed by atoms with E-state index in [9.17, 15) is 4.79 Å². The molecule has 2 aliphatic rings. The molecule has 1 saturated heterocycles. The summed E-state index contributed by atoms with van der Waals surface area (Å²) in [6, 6.07) is 1.68. The van der Waals surface area contributed by atoms with Crippen LogP contribution in [-0.4, -0.2) is 38.8 Å². The zero-order valence-corrected chi connectivity index (χ0v) is 14.5. The summed E-state index contributed by atoms with van der Waals surface area (Å²) in [5.74, 6) is 1.67. The lowest BCUT2D eigenvalue weighted by Gasteiger charge is -2.33. The highest BCUT2D eigenvalue weighted by Crippen LogP contribution is 2.32. The lowest BCUT2D eigenvalue weighted by Crippen LogP contribution is -2.38. The first-order valence-corrected chi connectivity index (χ1v) is 8.43. The van der Waals surface area contributed by atoms with Gasteiger partial charge >= 0.3 is 0 Å². The molecule has 2 aromatic heterocycles. The number of nitrogens with zero attached hydrogens (tertiary/aromatic N) is 5. The maximum Gasteiger partial charge on any atom is 0.256 e. The monoisotopic (exact) mass is 343 g/mol. The molecule has 0 radical (unpaired) electrons. The molecule has 6 nitrogen and oxygen atoms in total. The maximum absolute atomic E-state index is 12.8. The van der Waals surface area contributed by atoms with Crippen LogP contribution in [0, 0.1) is 13.8 Å². The molecule has 124 valence electrons. The van der Waals surface area contributed by atoms with E-state index in [1.54, 1.807) is 17.2 Å². The number of hydrogen-bond donors (Lipinski definition) is 0. The van der Waals surface area contributed by atoms with Gasteiger partial charge in [-0.1, -0.05) is 11.6 Å². The van der Waals surface area contributed by atoms with Crippen LogP contribution in [0.4, 0.5) is 5.82 Å². The van der Waals surface area contributed by atoms with Crippen LogP contribution in [-0.2, 0) is 13.1 Å². The molecule has 0 aromatic carbocycles. The van der Waals surface area contributed by atoms with E-state index in [1.807, 2.05) is 13.8 Å². The van der Waals surface area contributed by atoms with Crippen LogP contribution in [0.15, 0.2) is 12.3 Å². The van der Waals surface area contributed by atoms with E-state index in [4.69, 9.17) is 11.6 Å². The number of carbonyl (C=O) groups excluding carboxylic acids is 1. The van der Waals surface area contributed by atoms with Crippen molar-refractivity contribution in [2.75, 3.05) is 18.0 Å². The Balaban J connectivity index is 1.63. The fourth-order valence-corrected chi connectivity index (χ4v) is 3.26. The molecule has 0 bridgehead atoms. The molecular weight excluding hydrogens is 326 g/mol. The Labute approximate surface area is 145 Å². The lowest BCUT2D eigenvalue weighted by molar-refractivity contribution is 0.0750. The summed E-state index contributed by atoms with van der Waals surface area (Å²) in [4.78, 5) is 30.2. The first-order chi connectivity index (χ1) is 11.5. The van der Waals surface area contributed by atoms with Crippen LogP contribution in [0.25, 0.3) is 0 Å². The molecule has 0 saturated carbocycles. The van der Waals surface area contributed by atoms with Gasteiger partial charge in [0.2, 0.25) is 0 Å². The average Bonchev–Trinajstić information content (AvgIpc) is 2.91. The predicted molar refractivity (Wildman–Crippen MR) is 91.2 cm³/mol. The van der Waals surface area contributed by atoms with Crippen molar-refractivity contribution in [1.82, 2.24) is 19.9 Å². The molecule has 0 atom stereocenters. The molecule has 2 aliphatic heterocycles. The highest BCUT2D eigenvalue weighted by molar-refractivity contribution is 6.31. The van der Waals surface area contributed by atoms with E-state index in [0.717, 1.165) is 41.7 Å². The minimum Gasteiger partial charge on any atom is -0.356 e. The van der Waals surface area contributed by atoms with Gasteiger partial charge in [-0.05, 0) is 26.3 Å². The van der Waals surface area contributed by atoms with Crippen molar-refractivity contribution in [1.29, 1.82) is 0 Å². The third-order valence-electron chi connectivity index (χ3n) is 4.59. The van der Waals surface area contributed by atoms with Gasteiger partial charge in [0.15, 0.2) is 0 Å². The topological polar surface area (TPSA) is 62.2 Å². The minimum atomic E-state index is -0.0744. The van der Waals surface area contributed by atoms with Crippen molar-refractivity contribution in [2.24, 2.45) is 0 Å². The van der Waals surface area contributed by atoms with Crippen molar-refractivity contribution >= 4 is 23.3 Å². The van der Waals surface area contributed by atoms with Crippen molar-refractivity contribution in [3.8, 4) is 0 Å². The van der Waals surface area contributed by atoms with Gasteiger partial charge in [-0.3, -0.25) is 9.78 Å². The zero-order valence-electron chi connectivity index (χ0n) is 13.7. The Morgan fingerprint density at radius 3 is 2.67 bits per heavy atom. The van der Waals surface area contributed by atoms with Crippen LogP contribution < -0.4 is 4.90 Å². The highest BCUT2D eigenvalue weighted by Gasteiger charge is 2.31. The summed E-state index contributed by atoms with van der Waals surface area (Å²) in [5.41, 5.74) is 3.25. The average molecular weight is 344 g/mol. The molecule has 0 unspecified atom stereocenters. The van der Waals surface area contributed by atoms with Gasteiger partial charge in [-0.2, -0.15) is 0 Å². The molecule has 24 heavy (non-hydrogen) atoms. The van der Waals surface area contributed by atoms with Gasteiger partial charge in [0.1, 0.15) is 11.6 Å². The molecule has 2 aromatic rings. The third kappa shape index (κ3) is 2.51. The van der Waals surface area contributed by atoms with E-state index in [1.165, 1.54) is 6.42 Å². The highest BCUT2D eigenvalue weighted by atomic mass is 35.5. The summed E-state index contributed by atoms with van der Waals surface area (Å²) < 4.78 is 0. The van der Waals surface area contributed by atoms with Crippen LogP contribution in [0.3, 0.4) is 0 Å². The summed E-state index contributed by atoms with van der Waals surface area (Å²) in [5, 5.41) is 0.509. The third-order valence-corrected chi connectivity index (χ3v) is 4.97. The van der Waals surface area contributed by atoms with E-state index < -0.39 is 0 Å². The minimum absolute atomic E-state index is 0.0744. The first-order valence-electron chi connectivity index (χ1n) is 8.05. The van der Waals surface area contributed by atoms with Crippen LogP contribution in [0.5, 0.6) is 0 Å². The summed E-state index contributed by atoms with van der Waals surface area (Å²) >= 11 is 6.11. The van der Waals surface area contributed by atoms with Crippen molar-refractivity contribution in [2.45, 2.75) is 33.4 Å². The Morgan fingerprint density at radius 2 is 2.00 bits per heavy atom. The Hall–Kier alpha value is -2.21. The normalized spacial score (nSPS) is 16.1. The summed E-state index contributed by atoms with van der Waals surface area (Å²) in [6.07, 6.45) is 2.77. The van der Waals surface area contributed by atoms with Gasteiger partial charge in [-0.25, -0.2) is 9.97 Å². The fourth-order valence-electron chi connectivity index (χ4n) is 3.10. The van der Waals surface area contributed by atoms with E-state index >= 15 is 0 Å². The SMILES string of the molecule is Cc1nc2c(c(N3CCC3)n1)CN(C(=O)c1cnc(C)c(Cl)c1)C2. The molecule has 0 aliphatic carbocycles. The second-order valence-corrected chi connectivity index (χ2v) is 6.72. The summed E-state index contributed by atoms with van der Waals surface area (Å²) in [6.45, 7) is 6.80. The number of rotatable bonds is 2. The maximum atomic E-state index is 12.8. The Morgan fingerprint density at radius 1 is 1.21 bits per heavy atom. The van der Waals surface area contributed by atoms with Gasteiger partial charge in [0.25, 0.3) is 5.91 Å². The van der Waals surface area contributed by atoms with Gasteiger partial charge < -0.3 is 9.80 Å². The number of aromatic nitrogens is 3. The fraction of sp³-hybridized carbons (Fsp3) is 0.412. The quantitative estimate of drug-likeness (QED) is 0.838. The Kier molecular flexibility index (Phi) is 3.64.